The van der Waals surface area contributed by atoms with Gasteiger partial charge in [0, 0.05) is 18.5 Å². The molecule has 6 heteroatoms. The number of nitrogens with one attached hydrogen (secondary N) is 1. The summed E-state index contributed by atoms with van der Waals surface area (Å²) in [6.07, 6.45) is 0.629. The number of halogens is 2. The molecule has 1 aromatic rings. The van der Waals surface area contributed by atoms with Gasteiger partial charge in [0.15, 0.2) is 11.6 Å². The zero-order valence-electron chi connectivity index (χ0n) is 12.0. The lowest BCUT2D eigenvalue weighted by molar-refractivity contribution is -0.145. The van der Waals surface area contributed by atoms with Crippen molar-refractivity contribution in [1.82, 2.24) is 5.32 Å². The van der Waals surface area contributed by atoms with E-state index in [1.807, 2.05) is 13.8 Å². The summed E-state index contributed by atoms with van der Waals surface area (Å²) < 4.78 is 32.1. The second kappa shape index (κ2) is 5.97. The van der Waals surface area contributed by atoms with Gasteiger partial charge in [0.1, 0.15) is 17.5 Å². The van der Waals surface area contributed by atoms with Crippen molar-refractivity contribution in [3.8, 4) is 5.75 Å². The third kappa shape index (κ3) is 3.50. The van der Waals surface area contributed by atoms with Crippen LogP contribution in [0.3, 0.4) is 0 Å². The summed E-state index contributed by atoms with van der Waals surface area (Å²) in [6, 6.07) is 2.99. The van der Waals surface area contributed by atoms with Gasteiger partial charge in [0.2, 0.25) is 0 Å². The van der Waals surface area contributed by atoms with Gasteiger partial charge in [-0.05, 0) is 38.8 Å². The van der Waals surface area contributed by atoms with Crippen molar-refractivity contribution in [1.29, 1.82) is 0 Å². The number of aliphatic carboxylic acids is 1. The van der Waals surface area contributed by atoms with Crippen LogP contribution >= 0.6 is 0 Å². The fourth-order valence-electron chi connectivity index (χ4n) is 2.79. The molecule has 0 aliphatic heterocycles. The molecule has 1 aliphatic carbocycles. The molecule has 1 fully saturated rings. The van der Waals surface area contributed by atoms with Gasteiger partial charge in [-0.25, -0.2) is 8.78 Å². The van der Waals surface area contributed by atoms with Crippen molar-refractivity contribution in [2.45, 2.75) is 50.8 Å². The van der Waals surface area contributed by atoms with E-state index in [4.69, 9.17) is 4.74 Å². The van der Waals surface area contributed by atoms with Gasteiger partial charge in [-0.2, -0.15) is 0 Å². The van der Waals surface area contributed by atoms with Crippen LogP contribution in [-0.2, 0) is 4.79 Å². The van der Waals surface area contributed by atoms with E-state index in [0.29, 0.717) is 12.8 Å². The first-order chi connectivity index (χ1) is 9.82. The Morgan fingerprint density at radius 3 is 2.81 bits per heavy atom. The lowest BCUT2D eigenvalue weighted by Crippen LogP contribution is -2.53. The number of carboxylic acids is 1. The molecule has 0 radical (unpaired) electrons. The molecule has 2 unspecified atom stereocenters. The average Bonchev–Trinajstić information content (AvgIpc) is 2.77. The van der Waals surface area contributed by atoms with E-state index >= 15 is 0 Å². The molecule has 1 aliphatic rings. The molecule has 116 valence electrons. The molecule has 0 saturated heterocycles. The Labute approximate surface area is 122 Å². The number of hydrogen-bond donors (Lipinski definition) is 2. The van der Waals surface area contributed by atoms with E-state index < -0.39 is 29.2 Å². The summed E-state index contributed by atoms with van der Waals surface area (Å²) in [7, 11) is 0. The van der Waals surface area contributed by atoms with Crippen LogP contribution in [0.1, 0.15) is 33.1 Å². The Morgan fingerprint density at radius 1 is 1.48 bits per heavy atom. The SMILES string of the molecule is CC(C)NC1(C(=O)O)CCC(Oc2cc(F)ccc2F)C1. The zero-order chi connectivity index (χ0) is 15.6. The van der Waals surface area contributed by atoms with Crippen molar-refractivity contribution in [2.75, 3.05) is 0 Å². The van der Waals surface area contributed by atoms with Gasteiger partial charge in [0.05, 0.1) is 0 Å². The van der Waals surface area contributed by atoms with Crippen LogP contribution in [0.4, 0.5) is 8.78 Å². The molecular weight excluding hydrogens is 280 g/mol. The van der Waals surface area contributed by atoms with E-state index in [1.165, 1.54) is 0 Å². The fraction of sp³-hybridized carbons (Fsp3) is 0.533. The summed E-state index contributed by atoms with van der Waals surface area (Å²) in [5.74, 6) is -2.36. The Morgan fingerprint density at radius 2 is 2.19 bits per heavy atom. The van der Waals surface area contributed by atoms with Gasteiger partial charge in [-0.1, -0.05) is 0 Å². The highest BCUT2D eigenvalue weighted by molar-refractivity contribution is 5.79. The molecule has 0 bridgehead atoms. The highest BCUT2D eigenvalue weighted by Crippen LogP contribution is 2.34. The first kappa shape index (κ1) is 15.7. The van der Waals surface area contributed by atoms with E-state index in [2.05, 4.69) is 5.32 Å². The predicted octanol–water partition coefficient (Wildman–Crippen LogP) is 2.72. The molecule has 0 aromatic heterocycles. The fourth-order valence-corrected chi connectivity index (χ4v) is 2.79. The molecule has 0 heterocycles. The van der Waals surface area contributed by atoms with Crippen molar-refractivity contribution >= 4 is 5.97 Å². The van der Waals surface area contributed by atoms with Crippen LogP contribution in [0.25, 0.3) is 0 Å². The molecule has 0 spiro atoms. The smallest absolute Gasteiger partial charge is 0.324 e. The minimum atomic E-state index is -1.07. The lowest BCUT2D eigenvalue weighted by Gasteiger charge is -2.28. The number of benzene rings is 1. The maximum atomic E-state index is 13.6. The van der Waals surface area contributed by atoms with Gasteiger partial charge < -0.3 is 9.84 Å². The Kier molecular flexibility index (Phi) is 4.46. The molecule has 1 saturated carbocycles. The van der Waals surface area contributed by atoms with Gasteiger partial charge >= 0.3 is 5.97 Å². The highest BCUT2D eigenvalue weighted by atomic mass is 19.1. The predicted molar refractivity (Wildman–Crippen MR) is 73.3 cm³/mol. The van der Waals surface area contributed by atoms with Crippen LogP contribution in [0.15, 0.2) is 18.2 Å². The summed E-state index contributed by atoms with van der Waals surface area (Å²) in [5, 5.41) is 12.5. The quantitative estimate of drug-likeness (QED) is 0.877. The first-order valence-corrected chi connectivity index (χ1v) is 6.95. The standard InChI is InChI=1S/C15H19F2NO3/c1-9(2)18-15(14(19)20)6-5-11(8-15)21-13-7-10(16)3-4-12(13)17/h3-4,7,9,11,18H,5-6,8H2,1-2H3,(H,19,20). The Balaban J connectivity index is 2.10. The van der Waals surface area contributed by atoms with Crippen LogP contribution in [0.2, 0.25) is 0 Å². The topological polar surface area (TPSA) is 58.6 Å². The number of rotatable bonds is 5. The summed E-state index contributed by atoms with van der Waals surface area (Å²) in [4.78, 5) is 11.5. The second-order valence-corrected chi connectivity index (χ2v) is 5.74. The molecular formula is C15H19F2NO3. The third-order valence-corrected chi connectivity index (χ3v) is 3.63. The van der Waals surface area contributed by atoms with Gasteiger partial charge in [-0.3, -0.25) is 10.1 Å². The Bertz CT molecular complexity index is 536. The summed E-state index contributed by atoms with van der Waals surface area (Å²) >= 11 is 0. The molecule has 2 atom stereocenters. The lowest BCUT2D eigenvalue weighted by atomic mass is 9.96. The molecule has 2 N–H and O–H groups in total. The van der Waals surface area contributed by atoms with Crippen molar-refractivity contribution in [3.63, 3.8) is 0 Å². The van der Waals surface area contributed by atoms with Crippen LogP contribution in [-0.4, -0.2) is 28.8 Å². The third-order valence-electron chi connectivity index (χ3n) is 3.63. The molecule has 4 nitrogen and oxygen atoms in total. The van der Waals surface area contributed by atoms with Crippen molar-refractivity contribution < 1.29 is 23.4 Å². The number of carboxylic acid groups (broad SMARTS) is 1. The van der Waals surface area contributed by atoms with Crippen molar-refractivity contribution in [2.24, 2.45) is 0 Å². The van der Waals surface area contributed by atoms with E-state index in [0.717, 1.165) is 18.2 Å². The molecule has 21 heavy (non-hydrogen) atoms. The number of hydrogen-bond acceptors (Lipinski definition) is 3. The van der Waals surface area contributed by atoms with Crippen LogP contribution in [0, 0.1) is 11.6 Å². The largest absolute Gasteiger partial charge is 0.487 e. The minimum absolute atomic E-state index is 0.00533. The van der Waals surface area contributed by atoms with E-state index in [1.54, 1.807) is 0 Å². The van der Waals surface area contributed by atoms with Gasteiger partial charge in [0.25, 0.3) is 0 Å². The first-order valence-electron chi connectivity index (χ1n) is 6.95. The number of carbonyl (C=O) groups is 1. The average molecular weight is 299 g/mol. The maximum Gasteiger partial charge on any atom is 0.324 e. The van der Waals surface area contributed by atoms with E-state index in [-0.39, 0.29) is 18.2 Å². The van der Waals surface area contributed by atoms with Crippen LogP contribution in [0.5, 0.6) is 5.75 Å². The highest BCUT2D eigenvalue weighted by Gasteiger charge is 2.46. The second-order valence-electron chi connectivity index (χ2n) is 5.74. The summed E-state index contributed by atoms with van der Waals surface area (Å²) in [6.45, 7) is 3.73. The normalized spacial score (nSPS) is 25.3. The Hall–Kier alpha value is -1.69. The minimum Gasteiger partial charge on any atom is -0.487 e. The molecule has 1 aromatic carbocycles. The monoisotopic (exact) mass is 299 g/mol. The van der Waals surface area contributed by atoms with E-state index in [9.17, 15) is 18.7 Å². The molecule has 0 amide bonds. The maximum absolute atomic E-state index is 13.6. The van der Waals surface area contributed by atoms with Crippen LogP contribution < -0.4 is 10.1 Å². The van der Waals surface area contributed by atoms with Gasteiger partial charge in [-0.15, -0.1) is 0 Å². The summed E-state index contributed by atoms with van der Waals surface area (Å²) in [5.41, 5.74) is -1.07. The molecule has 2 rings (SSSR count). The number of ether oxygens (including phenoxy) is 1. The zero-order valence-corrected chi connectivity index (χ0v) is 12.0. The van der Waals surface area contributed by atoms with Crippen molar-refractivity contribution in [3.05, 3.63) is 29.8 Å².